The number of hydrogen-bond acceptors (Lipinski definition) is 3. The molecule has 7 heteroatoms. The van der Waals surface area contributed by atoms with Crippen molar-refractivity contribution >= 4 is 24.0 Å². The zero-order valence-electron chi connectivity index (χ0n) is 10.2. The van der Waals surface area contributed by atoms with Gasteiger partial charge in [0.05, 0.1) is 18.3 Å². The third kappa shape index (κ3) is 3.78. The van der Waals surface area contributed by atoms with Gasteiger partial charge in [-0.05, 0) is 24.6 Å². The molecule has 1 aromatic carbocycles. The van der Waals surface area contributed by atoms with Gasteiger partial charge in [0.25, 0.3) is 5.92 Å². The van der Waals surface area contributed by atoms with Crippen LogP contribution in [0, 0.1) is 6.92 Å². The number of phenolic OH excluding ortho intramolecular Hbond substituents is 1. The number of carbonyl (C=O) groups excluding carboxylic acids is 1. The lowest BCUT2D eigenvalue weighted by Gasteiger charge is -2.12. The van der Waals surface area contributed by atoms with E-state index in [0.29, 0.717) is 0 Å². The van der Waals surface area contributed by atoms with Crippen molar-refractivity contribution in [2.45, 2.75) is 25.3 Å². The lowest BCUT2D eigenvalue weighted by Crippen LogP contribution is -2.35. The third-order valence-corrected chi connectivity index (χ3v) is 2.84. The Bertz CT molecular complexity index is 483. The van der Waals surface area contributed by atoms with E-state index in [4.69, 9.17) is 0 Å². The monoisotopic (exact) mass is 292 g/mol. The molecule has 1 aliphatic rings. The molecule has 1 amide bonds. The molecule has 1 fully saturated rings. The van der Waals surface area contributed by atoms with Gasteiger partial charge in [-0.15, -0.1) is 12.4 Å². The van der Waals surface area contributed by atoms with Gasteiger partial charge < -0.3 is 10.4 Å². The van der Waals surface area contributed by atoms with Crippen LogP contribution in [0.4, 0.5) is 14.5 Å². The van der Waals surface area contributed by atoms with Crippen molar-refractivity contribution in [2.24, 2.45) is 0 Å². The molecule has 1 unspecified atom stereocenters. The molecule has 0 saturated carbocycles. The van der Waals surface area contributed by atoms with E-state index in [1.165, 1.54) is 12.1 Å². The van der Waals surface area contributed by atoms with Crippen molar-refractivity contribution in [2.75, 3.05) is 11.9 Å². The maximum absolute atomic E-state index is 12.9. The van der Waals surface area contributed by atoms with Crippen LogP contribution in [0.15, 0.2) is 18.2 Å². The van der Waals surface area contributed by atoms with E-state index in [2.05, 4.69) is 10.6 Å². The fourth-order valence-electron chi connectivity index (χ4n) is 1.87. The smallest absolute Gasteiger partial charge is 0.262 e. The first-order valence-electron chi connectivity index (χ1n) is 5.59. The summed E-state index contributed by atoms with van der Waals surface area (Å²) in [4.78, 5) is 11.7. The van der Waals surface area contributed by atoms with Crippen molar-refractivity contribution < 1.29 is 18.7 Å². The Morgan fingerprint density at radius 2 is 2.21 bits per heavy atom. The Hall–Kier alpha value is -1.40. The molecule has 106 valence electrons. The van der Waals surface area contributed by atoms with Gasteiger partial charge in [-0.25, -0.2) is 8.78 Å². The zero-order valence-corrected chi connectivity index (χ0v) is 11.1. The topological polar surface area (TPSA) is 61.4 Å². The highest BCUT2D eigenvalue weighted by molar-refractivity contribution is 5.96. The summed E-state index contributed by atoms with van der Waals surface area (Å²) < 4.78 is 25.9. The Morgan fingerprint density at radius 1 is 1.53 bits per heavy atom. The summed E-state index contributed by atoms with van der Waals surface area (Å²) in [5.41, 5.74) is 1.07. The molecule has 1 aromatic rings. The van der Waals surface area contributed by atoms with Gasteiger partial charge in [0.2, 0.25) is 5.91 Å². The minimum absolute atomic E-state index is 0. The molecule has 1 heterocycles. The number of hydrogen-bond donors (Lipinski definition) is 3. The molecule has 0 bridgehead atoms. The standard InChI is InChI=1S/C12H14F2N2O2.ClH/c1-7-2-3-8(10(17)4-7)16-11(18)9-5-12(13,14)6-15-9;/h2-4,9,15,17H,5-6H2,1H3,(H,16,18);1H. The molecular weight excluding hydrogens is 278 g/mol. The molecule has 0 aliphatic carbocycles. The zero-order chi connectivity index (χ0) is 13.3. The van der Waals surface area contributed by atoms with Crippen molar-refractivity contribution in [1.29, 1.82) is 0 Å². The number of alkyl halides is 2. The van der Waals surface area contributed by atoms with Gasteiger partial charge in [-0.1, -0.05) is 6.07 Å². The van der Waals surface area contributed by atoms with Crippen LogP contribution >= 0.6 is 12.4 Å². The second-order valence-corrected chi connectivity index (χ2v) is 4.50. The molecule has 3 N–H and O–H groups in total. The second kappa shape index (κ2) is 5.71. The normalized spacial score (nSPS) is 20.7. The molecule has 19 heavy (non-hydrogen) atoms. The number of phenols is 1. The second-order valence-electron chi connectivity index (χ2n) is 4.50. The summed E-state index contributed by atoms with van der Waals surface area (Å²) in [6, 6.07) is 3.81. The number of benzene rings is 1. The van der Waals surface area contributed by atoms with Crippen LogP contribution in [0.5, 0.6) is 5.75 Å². The number of aromatic hydroxyl groups is 1. The molecule has 1 atom stereocenters. The summed E-state index contributed by atoms with van der Waals surface area (Å²) >= 11 is 0. The number of amides is 1. The molecule has 4 nitrogen and oxygen atoms in total. The molecule has 2 rings (SSSR count). The van der Waals surface area contributed by atoms with Crippen molar-refractivity contribution in [3.8, 4) is 5.75 Å². The lowest BCUT2D eigenvalue weighted by atomic mass is 10.1. The number of anilines is 1. The summed E-state index contributed by atoms with van der Waals surface area (Å²) in [5, 5.41) is 14.5. The van der Waals surface area contributed by atoms with E-state index >= 15 is 0 Å². The largest absolute Gasteiger partial charge is 0.506 e. The van der Waals surface area contributed by atoms with Crippen LogP contribution in [0.25, 0.3) is 0 Å². The van der Waals surface area contributed by atoms with E-state index in [1.54, 1.807) is 13.0 Å². The van der Waals surface area contributed by atoms with E-state index < -0.39 is 30.8 Å². The average molecular weight is 293 g/mol. The number of rotatable bonds is 2. The molecular formula is C12H15ClF2N2O2. The molecule has 0 radical (unpaired) electrons. The van der Waals surface area contributed by atoms with Crippen molar-refractivity contribution in [3.63, 3.8) is 0 Å². The van der Waals surface area contributed by atoms with E-state index in [0.717, 1.165) is 5.56 Å². The molecule has 1 aliphatic heterocycles. The predicted molar refractivity (Wildman–Crippen MR) is 70.1 cm³/mol. The summed E-state index contributed by atoms with van der Waals surface area (Å²) in [7, 11) is 0. The number of aryl methyl sites for hydroxylation is 1. The minimum atomic E-state index is -2.85. The Kier molecular flexibility index (Phi) is 4.70. The molecule has 0 aromatic heterocycles. The fourth-order valence-corrected chi connectivity index (χ4v) is 1.87. The quantitative estimate of drug-likeness (QED) is 0.731. The van der Waals surface area contributed by atoms with Gasteiger partial charge in [-0.3, -0.25) is 10.1 Å². The van der Waals surface area contributed by atoms with E-state index in [9.17, 15) is 18.7 Å². The predicted octanol–water partition coefficient (Wildman–Crippen LogP) is 2.06. The minimum Gasteiger partial charge on any atom is -0.506 e. The summed E-state index contributed by atoms with van der Waals surface area (Å²) in [6.07, 6.45) is -0.522. The lowest BCUT2D eigenvalue weighted by molar-refractivity contribution is -0.118. The van der Waals surface area contributed by atoms with Crippen LogP contribution in [0.3, 0.4) is 0 Å². The first kappa shape index (κ1) is 15.7. The van der Waals surface area contributed by atoms with Gasteiger partial charge in [0.1, 0.15) is 5.75 Å². The van der Waals surface area contributed by atoms with Crippen molar-refractivity contribution in [1.82, 2.24) is 5.32 Å². The third-order valence-electron chi connectivity index (χ3n) is 2.84. The first-order chi connectivity index (χ1) is 8.37. The van der Waals surface area contributed by atoms with Gasteiger partial charge in [0.15, 0.2) is 0 Å². The Balaban J connectivity index is 0.00000180. The molecule has 1 saturated heterocycles. The Morgan fingerprint density at radius 3 is 2.74 bits per heavy atom. The van der Waals surface area contributed by atoms with Crippen LogP contribution in [-0.2, 0) is 4.79 Å². The SMILES string of the molecule is Cc1ccc(NC(=O)C2CC(F)(F)CN2)c(O)c1.Cl. The van der Waals surface area contributed by atoms with E-state index in [1.807, 2.05) is 0 Å². The number of nitrogens with one attached hydrogen (secondary N) is 2. The van der Waals surface area contributed by atoms with Crippen LogP contribution in [0.2, 0.25) is 0 Å². The highest BCUT2D eigenvalue weighted by Gasteiger charge is 2.42. The maximum atomic E-state index is 12.9. The maximum Gasteiger partial charge on any atom is 0.262 e. The summed E-state index contributed by atoms with van der Waals surface area (Å²) in [6.45, 7) is 1.30. The van der Waals surface area contributed by atoms with E-state index in [-0.39, 0.29) is 23.8 Å². The highest BCUT2D eigenvalue weighted by atomic mass is 35.5. The highest BCUT2D eigenvalue weighted by Crippen LogP contribution is 2.28. The van der Waals surface area contributed by atoms with Crippen molar-refractivity contribution in [3.05, 3.63) is 23.8 Å². The van der Waals surface area contributed by atoms with Crippen LogP contribution < -0.4 is 10.6 Å². The first-order valence-corrected chi connectivity index (χ1v) is 5.59. The van der Waals surface area contributed by atoms with Crippen LogP contribution in [-0.4, -0.2) is 29.5 Å². The average Bonchev–Trinajstić information content (AvgIpc) is 2.63. The van der Waals surface area contributed by atoms with Gasteiger partial charge in [-0.2, -0.15) is 0 Å². The Labute approximate surface area is 115 Å². The molecule has 0 spiro atoms. The van der Waals surface area contributed by atoms with Gasteiger partial charge >= 0.3 is 0 Å². The van der Waals surface area contributed by atoms with Crippen LogP contribution in [0.1, 0.15) is 12.0 Å². The van der Waals surface area contributed by atoms with Gasteiger partial charge in [0, 0.05) is 6.42 Å². The number of carbonyl (C=O) groups is 1. The number of halogens is 3. The fraction of sp³-hybridized carbons (Fsp3) is 0.417. The summed E-state index contributed by atoms with van der Waals surface area (Å²) in [5.74, 6) is -3.49.